The molecule has 0 amide bonds. The van der Waals surface area contributed by atoms with Gasteiger partial charge in [-0.05, 0) is 25.0 Å². The van der Waals surface area contributed by atoms with Crippen LogP contribution >= 0.6 is 11.3 Å². The summed E-state index contributed by atoms with van der Waals surface area (Å²) in [5, 5.41) is 10.0. The molecule has 2 rings (SSSR count). The van der Waals surface area contributed by atoms with Crippen LogP contribution in [-0.4, -0.2) is 21.0 Å². The molecule has 0 fully saturated rings. The van der Waals surface area contributed by atoms with Crippen LogP contribution in [0, 0.1) is 0 Å². The quantitative estimate of drug-likeness (QED) is 0.903. The third-order valence-corrected chi connectivity index (χ3v) is 3.34. The minimum absolute atomic E-state index is 0.271. The van der Waals surface area contributed by atoms with Crippen molar-refractivity contribution in [3.8, 4) is 11.4 Å². The SMILES string of the molecule is CCCc1nc(-c2ccccn2)c(C(=O)O)s1. The number of hydrogen-bond donors (Lipinski definition) is 1. The highest BCUT2D eigenvalue weighted by Crippen LogP contribution is 2.27. The van der Waals surface area contributed by atoms with E-state index in [1.54, 1.807) is 18.3 Å². The number of rotatable bonds is 4. The Balaban J connectivity index is 2.48. The number of thiazole rings is 1. The van der Waals surface area contributed by atoms with Gasteiger partial charge in [-0.15, -0.1) is 11.3 Å². The molecule has 2 heterocycles. The summed E-state index contributed by atoms with van der Waals surface area (Å²) in [4.78, 5) is 19.9. The molecule has 5 heteroatoms. The van der Waals surface area contributed by atoms with Gasteiger partial charge in [0.15, 0.2) is 0 Å². The summed E-state index contributed by atoms with van der Waals surface area (Å²) >= 11 is 1.24. The lowest BCUT2D eigenvalue weighted by molar-refractivity contribution is 0.0702. The molecular weight excluding hydrogens is 236 g/mol. The van der Waals surface area contributed by atoms with Gasteiger partial charge in [0.2, 0.25) is 0 Å². The second kappa shape index (κ2) is 5.05. The minimum atomic E-state index is -0.939. The smallest absolute Gasteiger partial charge is 0.348 e. The number of aromatic nitrogens is 2. The van der Waals surface area contributed by atoms with Gasteiger partial charge in [0, 0.05) is 6.20 Å². The van der Waals surface area contributed by atoms with Crippen LogP contribution in [0.25, 0.3) is 11.4 Å². The molecule has 0 aliphatic rings. The second-order valence-corrected chi connectivity index (χ2v) is 4.64. The molecule has 0 unspecified atom stereocenters. The van der Waals surface area contributed by atoms with Gasteiger partial charge in [-0.3, -0.25) is 4.98 Å². The highest BCUT2D eigenvalue weighted by Gasteiger charge is 2.18. The summed E-state index contributed by atoms with van der Waals surface area (Å²) < 4.78 is 0. The van der Waals surface area contributed by atoms with Crippen LogP contribution < -0.4 is 0 Å². The van der Waals surface area contributed by atoms with E-state index in [9.17, 15) is 4.79 Å². The Morgan fingerprint density at radius 1 is 1.47 bits per heavy atom. The first-order valence-electron chi connectivity index (χ1n) is 5.36. The minimum Gasteiger partial charge on any atom is -0.477 e. The predicted molar refractivity (Wildman–Crippen MR) is 66.3 cm³/mol. The Hall–Kier alpha value is -1.75. The van der Waals surface area contributed by atoms with Crippen molar-refractivity contribution in [1.82, 2.24) is 9.97 Å². The zero-order valence-corrected chi connectivity index (χ0v) is 10.2. The molecule has 0 radical (unpaired) electrons. The summed E-state index contributed by atoms with van der Waals surface area (Å²) in [5.41, 5.74) is 1.09. The highest BCUT2D eigenvalue weighted by molar-refractivity contribution is 7.14. The van der Waals surface area contributed by atoms with E-state index in [0.717, 1.165) is 17.8 Å². The average molecular weight is 248 g/mol. The Labute approximate surface area is 103 Å². The van der Waals surface area contributed by atoms with Crippen LogP contribution in [0.3, 0.4) is 0 Å². The zero-order valence-electron chi connectivity index (χ0n) is 9.38. The molecule has 0 saturated carbocycles. The predicted octanol–water partition coefficient (Wildman–Crippen LogP) is 2.86. The fraction of sp³-hybridized carbons (Fsp3) is 0.250. The maximum atomic E-state index is 11.2. The number of pyridine rings is 1. The van der Waals surface area contributed by atoms with E-state index in [0.29, 0.717) is 11.4 Å². The van der Waals surface area contributed by atoms with Crippen LogP contribution in [0.15, 0.2) is 24.4 Å². The number of nitrogens with zero attached hydrogens (tertiary/aromatic N) is 2. The van der Waals surface area contributed by atoms with E-state index < -0.39 is 5.97 Å². The van der Waals surface area contributed by atoms with Gasteiger partial charge in [-0.1, -0.05) is 13.0 Å². The van der Waals surface area contributed by atoms with Gasteiger partial charge in [-0.25, -0.2) is 9.78 Å². The molecule has 2 aromatic heterocycles. The van der Waals surface area contributed by atoms with Gasteiger partial charge >= 0.3 is 5.97 Å². The van der Waals surface area contributed by atoms with E-state index >= 15 is 0 Å². The van der Waals surface area contributed by atoms with Crippen LogP contribution in [0.5, 0.6) is 0 Å². The average Bonchev–Trinajstić information content (AvgIpc) is 2.75. The van der Waals surface area contributed by atoms with Gasteiger partial charge in [0.05, 0.1) is 10.7 Å². The summed E-state index contributed by atoms with van der Waals surface area (Å²) in [6.07, 6.45) is 3.39. The van der Waals surface area contributed by atoms with Crippen LogP contribution in [0.1, 0.15) is 28.0 Å². The summed E-state index contributed by atoms with van der Waals surface area (Å²) in [7, 11) is 0. The van der Waals surface area contributed by atoms with Crippen molar-refractivity contribution in [3.63, 3.8) is 0 Å². The van der Waals surface area contributed by atoms with Crippen molar-refractivity contribution in [1.29, 1.82) is 0 Å². The van der Waals surface area contributed by atoms with Crippen molar-refractivity contribution in [2.24, 2.45) is 0 Å². The van der Waals surface area contributed by atoms with Gasteiger partial charge in [-0.2, -0.15) is 0 Å². The highest BCUT2D eigenvalue weighted by atomic mass is 32.1. The van der Waals surface area contributed by atoms with Crippen LogP contribution in [-0.2, 0) is 6.42 Å². The van der Waals surface area contributed by atoms with Gasteiger partial charge in [0.1, 0.15) is 10.6 Å². The summed E-state index contributed by atoms with van der Waals surface area (Å²) in [5.74, 6) is -0.939. The number of carboxylic acid groups (broad SMARTS) is 1. The van der Waals surface area contributed by atoms with E-state index in [1.807, 2.05) is 13.0 Å². The molecule has 1 N–H and O–H groups in total. The van der Waals surface area contributed by atoms with E-state index in [1.165, 1.54) is 11.3 Å². The molecule has 0 atom stereocenters. The van der Waals surface area contributed by atoms with Gasteiger partial charge in [0.25, 0.3) is 0 Å². The second-order valence-electron chi connectivity index (χ2n) is 3.56. The largest absolute Gasteiger partial charge is 0.477 e. The summed E-state index contributed by atoms with van der Waals surface area (Å²) in [6, 6.07) is 5.40. The molecule has 17 heavy (non-hydrogen) atoms. The standard InChI is InChI=1S/C12H12N2O2S/c1-2-5-9-14-10(11(17-9)12(15)16)8-6-3-4-7-13-8/h3-4,6-7H,2,5H2,1H3,(H,15,16). The molecule has 0 aliphatic carbocycles. The number of aromatic carboxylic acids is 1. The lowest BCUT2D eigenvalue weighted by Gasteiger charge is -1.96. The maximum Gasteiger partial charge on any atom is 0.348 e. The first kappa shape index (κ1) is 11.7. The topological polar surface area (TPSA) is 63.1 Å². The first-order chi connectivity index (χ1) is 8.22. The van der Waals surface area contributed by atoms with E-state index in [2.05, 4.69) is 9.97 Å². The fourth-order valence-corrected chi connectivity index (χ4v) is 2.52. The molecule has 4 nitrogen and oxygen atoms in total. The van der Waals surface area contributed by atoms with E-state index in [-0.39, 0.29) is 4.88 Å². The molecular formula is C12H12N2O2S. The van der Waals surface area contributed by atoms with Crippen molar-refractivity contribution in [2.75, 3.05) is 0 Å². The number of hydrogen-bond acceptors (Lipinski definition) is 4. The molecule has 2 aromatic rings. The molecule has 0 spiro atoms. The maximum absolute atomic E-state index is 11.2. The normalized spacial score (nSPS) is 10.4. The molecule has 0 bridgehead atoms. The lowest BCUT2D eigenvalue weighted by Crippen LogP contribution is -1.96. The summed E-state index contributed by atoms with van der Waals surface area (Å²) in [6.45, 7) is 2.04. The zero-order chi connectivity index (χ0) is 12.3. The monoisotopic (exact) mass is 248 g/mol. The number of aryl methyl sites for hydroxylation is 1. The number of carboxylic acids is 1. The Morgan fingerprint density at radius 2 is 2.29 bits per heavy atom. The Morgan fingerprint density at radius 3 is 2.88 bits per heavy atom. The van der Waals surface area contributed by atoms with Crippen molar-refractivity contribution < 1.29 is 9.90 Å². The number of carbonyl (C=O) groups is 1. The van der Waals surface area contributed by atoms with Crippen molar-refractivity contribution >= 4 is 17.3 Å². The fourth-order valence-electron chi connectivity index (χ4n) is 1.51. The Bertz CT molecular complexity index is 523. The first-order valence-corrected chi connectivity index (χ1v) is 6.18. The molecule has 0 aromatic carbocycles. The molecule has 0 aliphatic heterocycles. The van der Waals surface area contributed by atoms with Crippen molar-refractivity contribution in [2.45, 2.75) is 19.8 Å². The Kier molecular flexibility index (Phi) is 3.49. The third kappa shape index (κ3) is 2.50. The molecule has 88 valence electrons. The third-order valence-electron chi connectivity index (χ3n) is 2.24. The lowest BCUT2D eigenvalue weighted by atomic mass is 10.2. The van der Waals surface area contributed by atoms with Crippen molar-refractivity contribution in [3.05, 3.63) is 34.3 Å². The van der Waals surface area contributed by atoms with Crippen LogP contribution in [0.2, 0.25) is 0 Å². The van der Waals surface area contributed by atoms with E-state index in [4.69, 9.17) is 5.11 Å². The van der Waals surface area contributed by atoms with Gasteiger partial charge < -0.3 is 5.11 Å². The molecule has 0 saturated heterocycles. The van der Waals surface area contributed by atoms with Crippen LogP contribution in [0.4, 0.5) is 0 Å².